The first-order chi connectivity index (χ1) is 9.54. The molecule has 0 saturated heterocycles. The van der Waals surface area contributed by atoms with Gasteiger partial charge in [0, 0.05) is 25.0 Å². The third kappa shape index (κ3) is 3.75. The second-order valence-corrected chi connectivity index (χ2v) is 4.85. The summed E-state index contributed by atoms with van der Waals surface area (Å²) in [6.07, 6.45) is 1.67. The van der Waals surface area contributed by atoms with E-state index in [1.165, 1.54) is 18.3 Å². The van der Waals surface area contributed by atoms with Crippen molar-refractivity contribution in [2.75, 3.05) is 0 Å². The van der Waals surface area contributed by atoms with Gasteiger partial charge in [-0.3, -0.25) is 9.78 Å². The van der Waals surface area contributed by atoms with Crippen molar-refractivity contribution < 1.29 is 4.79 Å². The molecular formula is C12H14N6OS. The highest BCUT2D eigenvalue weighted by molar-refractivity contribution is 7.13. The van der Waals surface area contributed by atoms with E-state index in [0.717, 1.165) is 5.56 Å². The van der Waals surface area contributed by atoms with Gasteiger partial charge < -0.3 is 16.8 Å². The quantitative estimate of drug-likeness (QED) is 0.567. The predicted octanol–water partition coefficient (Wildman–Crippen LogP) is 0.746. The Kier molecular flexibility index (Phi) is 4.26. The van der Waals surface area contributed by atoms with Crippen molar-refractivity contribution in [2.24, 2.45) is 16.5 Å². The lowest BCUT2D eigenvalue weighted by atomic mass is 10.2. The van der Waals surface area contributed by atoms with E-state index in [9.17, 15) is 4.79 Å². The normalized spacial score (nSPS) is 10.1. The van der Waals surface area contributed by atoms with Gasteiger partial charge in [0.2, 0.25) is 11.0 Å². The van der Waals surface area contributed by atoms with Gasteiger partial charge in [-0.05, 0) is 17.7 Å². The van der Waals surface area contributed by atoms with Crippen LogP contribution in [0.1, 0.15) is 12.5 Å². The molecule has 104 valence electrons. The van der Waals surface area contributed by atoms with Crippen molar-refractivity contribution in [1.82, 2.24) is 15.3 Å². The summed E-state index contributed by atoms with van der Waals surface area (Å²) >= 11 is 1.33. The third-order valence-corrected chi connectivity index (χ3v) is 3.08. The molecule has 0 aliphatic rings. The van der Waals surface area contributed by atoms with Crippen LogP contribution >= 0.6 is 11.3 Å². The summed E-state index contributed by atoms with van der Waals surface area (Å²) in [4.78, 5) is 23.3. The SMILES string of the molecule is CC(=O)NCc1ccnc(-c2csc(N=C(N)N)n2)c1. The molecule has 1 amide bonds. The van der Waals surface area contributed by atoms with Crippen LogP contribution in [0.3, 0.4) is 0 Å². The first kappa shape index (κ1) is 13.9. The van der Waals surface area contributed by atoms with Gasteiger partial charge in [0.1, 0.15) is 5.69 Å². The molecule has 0 aliphatic heterocycles. The largest absolute Gasteiger partial charge is 0.370 e. The van der Waals surface area contributed by atoms with Gasteiger partial charge in [-0.15, -0.1) is 11.3 Å². The number of hydrogen-bond donors (Lipinski definition) is 3. The third-order valence-electron chi connectivity index (χ3n) is 2.35. The van der Waals surface area contributed by atoms with Crippen LogP contribution in [0.15, 0.2) is 28.7 Å². The number of aliphatic imine (C=N–C) groups is 1. The maximum atomic E-state index is 10.9. The number of hydrogen-bond acceptors (Lipinski definition) is 5. The van der Waals surface area contributed by atoms with E-state index >= 15 is 0 Å². The Balaban J connectivity index is 2.20. The zero-order chi connectivity index (χ0) is 14.5. The molecule has 2 rings (SSSR count). The van der Waals surface area contributed by atoms with E-state index < -0.39 is 0 Å². The Morgan fingerprint density at radius 1 is 1.45 bits per heavy atom. The maximum Gasteiger partial charge on any atom is 0.217 e. The lowest BCUT2D eigenvalue weighted by Crippen LogP contribution is -2.21. The number of amides is 1. The molecule has 7 nitrogen and oxygen atoms in total. The monoisotopic (exact) mass is 290 g/mol. The summed E-state index contributed by atoms with van der Waals surface area (Å²) in [7, 11) is 0. The van der Waals surface area contributed by atoms with Crippen LogP contribution in [0.4, 0.5) is 5.13 Å². The van der Waals surface area contributed by atoms with Crippen LogP contribution in [0.5, 0.6) is 0 Å². The molecule has 0 saturated carbocycles. The Bertz CT molecular complexity index is 647. The molecule has 0 fully saturated rings. The fraction of sp³-hybridized carbons (Fsp3) is 0.167. The van der Waals surface area contributed by atoms with E-state index in [1.54, 1.807) is 6.20 Å². The van der Waals surface area contributed by atoms with Crippen LogP contribution in [-0.4, -0.2) is 21.8 Å². The topological polar surface area (TPSA) is 119 Å². The van der Waals surface area contributed by atoms with Crippen LogP contribution in [0.2, 0.25) is 0 Å². The van der Waals surface area contributed by atoms with Gasteiger partial charge in [0.05, 0.1) is 5.69 Å². The lowest BCUT2D eigenvalue weighted by Gasteiger charge is -2.03. The first-order valence-corrected chi connectivity index (χ1v) is 6.67. The number of thiazole rings is 1. The number of carbonyl (C=O) groups excluding carboxylic acids is 1. The minimum Gasteiger partial charge on any atom is -0.370 e. The van der Waals surface area contributed by atoms with Gasteiger partial charge in [-0.2, -0.15) is 4.99 Å². The number of nitrogens with zero attached hydrogens (tertiary/aromatic N) is 3. The number of nitrogens with two attached hydrogens (primary N) is 2. The molecule has 5 N–H and O–H groups in total. The molecule has 0 radical (unpaired) electrons. The zero-order valence-corrected chi connectivity index (χ0v) is 11.6. The average Bonchev–Trinajstić information content (AvgIpc) is 2.84. The first-order valence-electron chi connectivity index (χ1n) is 5.79. The van der Waals surface area contributed by atoms with Gasteiger partial charge in [-0.25, -0.2) is 4.98 Å². The second-order valence-electron chi connectivity index (χ2n) is 4.01. The fourth-order valence-electron chi connectivity index (χ4n) is 1.49. The Morgan fingerprint density at radius 2 is 2.25 bits per heavy atom. The molecule has 0 aromatic carbocycles. The molecule has 2 aromatic heterocycles. The van der Waals surface area contributed by atoms with Crippen molar-refractivity contribution in [2.45, 2.75) is 13.5 Å². The number of rotatable bonds is 4. The second kappa shape index (κ2) is 6.11. The Morgan fingerprint density at radius 3 is 2.95 bits per heavy atom. The summed E-state index contributed by atoms with van der Waals surface area (Å²) in [5.74, 6) is -0.106. The number of nitrogens with one attached hydrogen (secondary N) is 1. The van der Waals surface area contributed by atoms with Crippen molar-refractivity contribution in [1.29, 1.82) is 0 Å². The van der Waals surface area contributed by atoms with E-state index in [0.29, 0.717) is 23.1 Å². The lowest BCUT2D eigenvalue weighted by molar-refractivity contribution is -0.119. The minimum atomic E-state index is -0.0768. The molecule has 2 aromatic rings. The molecule has 2 heterocycles. The molecule has 0 atom stereocenters. The van der Waals surface area contributed by atoms with E-state index in [-0.39, 0.29) is 11.9 Å². The standard InChI is InChI=1S/C12H14N6OS/c1-7(19)16-5-8-2-3-15-9(4-8)10-6-20-12(17-10)18-11(13)14/h2-4,6H,5H2,1H3,(H,16,19)(H4,13,14,17,18). The summed E-state index contributed by atoms with van der Waals surface area (Å²) in [6.45, 7) is 1.93. The van der Waals surface area contributed by atoms with Crippen LogP contribution in [-0.2, 0) is 11.3 Å². The van der Waals surface area contributed by atoms with E-state index in [2.05, 4.69) is 20.3 Å². The zero-order valence-electron chi connectivity index (χ0n) is 10.8. The Labute approximate surface area is 119 Å². The van der Waals surface area contributed by atoms with Crippen molar-refractivity contribution >= 4 is 28.3 Å². The van der Waals surface area contributed by atoms with Crippen LogP contribution in [0.25, 0.3) is 11.4 Å². The molecule has 8 heteroatoms. The van der Waals surface area contributed by atoms with E-state index in [1.807, 2.05) is 17.5 Å². The van der Waals surface area contributed by atoms with Crippen molar-refractivity contribution in [3.8, 4) is 11.4 Å². The number of carbonyl (C=O) groups is 1. The molecule has 0 unspecified atom stereocenters. The molecular weight excluding hydrogens is 276 g/mol. The number of aromatic nitrogens is 2. The highest BCUT2D eigenvalue weighted by Crippen LogP contribution is 2.25. The summed E-state index contributed by atoms with van der Waals surface area (Å²) < 4.78 is 0. The average molecular weight is 290 g/mol. The molecule has 20 heavy (non-hydrogen) atoms. The van der Waals surface area contributed by atoms with Gasteiger partial charge in [0.25, 0.3) is 0 Å². The summed E-state index contributed by atoms with van der Waals surface area (Å²) in [6, 6.07) is 3.70. The Hall–Kier alpha value is -2.48. The molecule has 0 bridgehead atoms. The smallest absolute Gasteiger partial charge is 0.217 e. The number of guanidine groups is 1. The number of pyridine rings is 1. The van der Waals surface area contributed by atoms with Gasteiger partial charge >= 0.3 is 0 Å². The predicted molar refractivity (Wildman–Crippen MR) is 78.3 cm³/mol. The van der Waals surface area contributed by atoms with Crippen LogP contribution in [0, 0.1) is 0 Å². The van der Waals surface area contributed by atoms with Crippen LogP contribution < -0.4 is 16.8 Å². The fourth-order valence-corrected chi connectivity index (χ4v) is 2.19. The van der Waals surface area contributed by atoms with Gasteiger partial charge in [0.15, 0.2) is 5.96 Å². The maximum absolute atomic E-state index is 10.9. The van der Waals surface area contributed by atoms with Crippen molar-refractivity contribution in [3.63, 3.8) is 0 Å². The summed E-state index contributed by atoms with van der Waals surface area (Å²) in [5, 5.41) is 5.04. The highest BCUT2D eigenvalue weighted by atomic mass is 32.1. The summed E-state index contributed by atoms with van der Waals surface area (Å²) in [5.41, 5.74) is 13.0. The minimum absolute atomic E-state index is 0.0294. The van der Waals surface area contributed by atoms with Gasteiger partial charge in [-0.1, -0.05) is 0 Å². The van der Waals surface area contributed by atoms with E-state index in [4.69, 9.17) is 11.5 Å². The molecule has 0 spiro atoms. The van der Waals surface area contributed by atoms with Crippen molar-refractivity contribution in [3.05, 3.63) is 29.3 Å². The highest BCUT2D eigenvalue weighted by Gasteiger charge is 2.06. The molecule has 0 aliphatic carbocycles.